The monoisotopic (exact) mass is 267 g/mol. The molecule has 1 heteroatoms. The van der Waals surface area contributed by atoms with E-state index < -0.39 is 0 Å². The highest BCUT2D eigenvalue weighted by molar-refractivity contribution is 5.51. The van der Waals surface area contributed by atoms with Crippen LogP contribution in [0.5, 0.6) is 0 Å². The molecule has 20 heavy (non-hydrogen) atoms. The van der Waals surface area contributed by atoms with Crippen molar-refractivity contribution in [3.63, 3.8) is 0 Å². The van der Waals surface area contributed by atoms with Gasteiger partial charge in [-0.3, -0.25) is 0 Å². The third kappa shape index (κ3) is 6.85. The van der Waals surface area contributed by atoms with Gasteiger partial charge < -0.3 is 4.57 Å². The van der Waals surface area contributed by atoms with Gasteiger partial charge in [0, 0.05) is 18.9 Å². The van der Waals surface area contributed by atoms with Crippen LogP contribution in [0.2, 0.25) is 0 Å². The summed E-state index contributed by atoms with van der Waals surface area (Å²) in [7, 11) is 0. The van der Waals surface area contributed by atoms with Crippen LogP contribution >= 0.6 is 0 Å². The summed E-state index contributed by atoms with van der Waals surface area (Å²) in [6.45, 7) is 9.46. The van der Waals surface area contributed by atoms with E-state index in [0.29, 0.717) is 0 Å². The number of rotatable bonds is 5. The fourth-order valence-corrected chi connectivity index (χ4v) is 1.68. The molecule has 0 aliphatic rings. The Balaban J connectivity index is 2.56. The Bertz CT molecular complexity index is 552. The molecule has 0 bridgehead atoms. The average Bonchev–Trinajstić information content (AvgIpc) is 2.84. The Morgan fingerprint density at radius 2 is 2.10 bits per heavy atom. The van der Waals surface area contributed by atoms with Crippen LogP contribution in [0.15, 0.2) is 47.8 Å². The van der Waals surface area contributed by atoms with E-state index in [1.165, 1.54) is 24.0 Å². The highest BCUT2D eigenvalue weighted by Gasteiger charge is 1.92. The quantitative estimate of drug-likeness (QED) is 0.509. The highest BCUT2D eigenvalue weighted by Crippen LogP contribution is 2.06. The second kappa shape index (κ2) is 9.04. The minimum absolute atomic E-state index is 1.07. The standard InChI is InChI=1S/C19H25N/c1-5-6-14-20-15-13-19(16-20)12-8-11-18(4)10-7-9-17(2)3/h8-9,11-13,15-16H,5-6,14H2,1-4H3/b12-8+,18-11+. The summed E-state index contributed by atoms with van der Waals surface area (Å²) in [4.78, 5) is 0. The molecule has 0 atom stereocenters. The Labute approximate surface area is 123 Å². The van der Waals surface area contributed by atoms with Gasteiger partial charge in [-0.1, -0.05) is 49.0 Å². The van der Waals surface area contributed by atoms with Crippen molar-refractivity contribution in [1.82, 2.24) is 4.57 Å². The first kappa shape index (κ1) is 16.1. The lowest BCUT2D eigenvalue weighted by atomic mass is 10.2. The summed E-state index contributed by atoms with van der Waals surface area (Å²) in [6, 6.07) is 2.14. The van der Waals surface area contributed by atoms with Crippen LogP contribution in [-0.2, 0) is 6.54 Å². The van der Waals surface area contributed by atoms with Crippen LogP contribution in [0, 0.1) is 11.8 Å². The van der Waals surface area contributed by atoms with Crippen LogP contribution in [0.4, 0.5) is 0 Å². The third-order valence-electron chi connectivity index (χ3n) is 2.81. The molecule has 0 spiro atoms. The first-order valence-electron chi connectivity index (χ1n) is 7.27. The van der Waals surface area contributed by atoms with Crippen LogP contribution < -0.4 is 0 Å². The number of unbranched alkanes of at least 4 members (excludes halogenated alkanes) is 1. The molecular formula is C19H25N. The summed E-state index contributed by atoms with van der Waals surface area (Å²) in [5.74, 6) is 6.15. The van der Waals surface area contributed by atoms with E-state index in [4.69, 9.17) is 0 Å². The second-order valence-corrected chi connectivity index (χ2v) is 5.24. The summed E-state index contributed by atoms with van der Waals surface area (Å²) in [5.41, 5.74) is 3.54. The van der Waals surface area contributed by atoms with E-state index in [-0.39, 0.29) is 0 Å². The van der Waals surface area contributed by atoms with Crippen LogP contribution in [0.1, 0.15) is 46.1 Å². The van der Waals surface area contributed by atoms with E-state index in [1.54, 1.807) is 0 Å². The van der Waals surface area contributed by atoms with E-state index in [1.807, 2.05) is 13.0 Å². The summed E-state index contributed by atoms with van der Waals surface area (Å²) >= 11 is 0. The molecule has 0 amide bonds. The molecule has 1 rings (SSSR count). The van der Waals surface area contributed by atoms with Crippen molar-refractivity contribution >= 4 is 6.08 Å². The van der Waals surface area contributed by atoms with Crippen molar-refractivity contribution in [3.05, 3.63) is 53.4 Å². The molecule has 1 heterocycles. The van der Waals surface area contributed by atoms with E-state index in [0.717, 1.165) is 12.1 Å². The Morgan fingerprint density at radius 1 is 1.30 bits per heavy atom. The third-order valence-corrected chi connectivity index (χ3v) is 2.81. The maximum atomic E-state index is 3.11. The van der Waals surface area contributed by atoms with Gasteiger partial charge in [-0.2, -0.15) is 0 Å². The van der Waals surface area contributed by atoms with Crippen molar-refractivity contribution < 1.29 is 0 Å². The minimum atomic E-state index is 1.07. The first-order valence-corrected chi connectivity index (χ1v) is 7.27. The topological polar surface area (TPSA) is 4.93 Å². The van der Waals surface area contributed by atoms with Crippen molar-refractivity contribution in [2.45, 2.75) is 47.1 Å². The number of aryl methyl sites for hydroxylation is 1. The molecule has 0 aromatic carbocycles. The number of hydrogen-bond acceptors (Lipinski definition) is 0. The maximum absolute atomic E-state index is 3.11. The number of allylic oxidation sites excluding steroid dienone is 5. The van der Waals surface area contributed by atoms with Crippen LogP contribution in [-0.4, -0.2) is 4.57 Å². The highest BCUT2D eigenvalue weighted by atomic mass is 14.9. The van der Waals surface area contributed by atoms with Gasteiger partial charge in [0.05, 0.1) is 0 Å². The lowest BCUT2D eigenvalue weighted by Crippen LogP contribution is -1.92. The molecule has 0 radical (unpaired) electrons. The average molecular weight is 267 g/mol. The lowest BCUT2D eigenvalue weighted by Gasteiger charge is -1.98. The molecule has 0 saturated carbocycles. The van der Waals surface area contributed by atoms with E-state index in [9.17, 15) is 0 Å². The van der Waals surface area contributed by atoms with Crippen molar-refractivity contribution in [2.75, 3.05) is 0 Å². The van der Waals surface area contributed by atoms with Gasteiger partial charge in [-0.15, -0.1) is 0 Å². The van der Waals surface area contributed by atoms with Gasteiger partial charge in [0.2, 0.25) is 0 Å². The molecule has 1 nitrogen and oxygen atoms in total. The summed E-state index contributed by atoms with van der Waals surface area (Å²) < 4.78 is 2.24. The fraction of sp³-hybridized carbons (Fsp3) is 0.368. The Hall–Kier alpha value is -1.94. The largest absolute Gasteiger partial charge is 0.354 e. The molecule has 1 aromatic rings. The van der Waals surface area contributed by atoms with Crippen LogP contribution in [0.25, 0.3) is 6.08 Å². The van der Waals surface area contributed by atoms with Crippen molar-refractivity contribution in [1.29, 1.82) is 0 Å². The van der Waals surface area contributed by atoms with Gasteiger partial charge in [0.1, 0.15) is 0 Å². The summed E-state index contributed by atoms with van der Waals surface area (Å²) in [6.07, 6.45) is 15.0. The SMILES string of the molecule is CCCCn1ccc(/C=C/C=C(\C)C#CC=C(C)C)c1. The predicted octanol–water partition coefficient (Wildman–Crippen LogP) is 5.22. The lowest BCUT2D eigenvalue weighted by molar-refractivity contribution is 0.635. The molecule has 1 aromatic heterocycles. The van der Waals surface area contributed by atoms with E-state index >= 15 is 0 Å². The maximum Gasteiger partial charge on any atom is 0.0219 e. The molecule has 0 aliphatic carbocycles. The molecule has 0 saturated heterocycles. The van der Waals surface area contributed by atoms with E-state index in [2.05, 4.69) is 73.9 Å². The van der Waals surface area contributed by atoms with Gasteiger partial charge in [0.25, 0.3) is 0 Å². The smallest absolute Gasteiger partial charge is 0.0219 e. The molecule has 0 N–H and O–H groups in total. The zero-order chi connectivity index (χ0) is 14.8. The molecule has 0 unspecified atom stereocenters. The molecule has 106 valence electrons. The second-order valence-electron chi connectivity index (χ2n) is 5.24. The predicted molar refractivity (Wildman–Crippen MR) is 89.3 cm³/mol. The molecule has 0 fully saturated rings. The first-order chi connectivity index (χ1) is 9.61. The summed E-state index contributed by atoms with van der Waals surface area (Å²) in [5, 5.41) is 0. The number of aromatic nitrogens is 1. The van der Waals surface area contributed by atoms with Gasteiger partial charge in [0.15, 0.2) is 0 Å². The van der Waals surface area contributed by atoms with Crippen LogP contribution in [0.3, 0.4) is 0 Å². The molecular weight excluding hydrogens is 242 g/mol. The minimum Gasteiger partial charge on any atom is -0.354 e. The normalized spacial score (nSPS) is 11.3. The van der Waals surface area contributed by atoms with Crippen molar-refractivity contribution in [3.8, 4) is 11.8 Å². The zero-order valence-electron chi connectivity index (χ0n) is 13.1. The zero-order valence-corrected chi connectivity index (χ0v) is 13.1. The fourth-order valence-electron chi connectivity index (χ4n) is 1.68. The van der Waals surface area contributed by atoms with Gasteiger partial charge in [-0.05, 0) is 50.5 Å². The van der Waals surface area contributed by atoms with Gasteiger partial charge in [-0.25, -0.2) is 0 Å². The molecule has 0 aliphatic heterocycles. The number of nitrogens with zero attached hydrogens (tertiary/aromatic N) is 1. The number of hydrogen-bond donors (Lipinski definition) is 0. The van der Waals surface area contributed by atoms with Gasteiger partial charge >= 0.3 is 0 Å². The Morgan fingerprint density at radius 3 is 2.80 bits per heavy atom. The Kier molecular flexibility index (Phi) is 7.29. The van der Waals surface area contributed by atoms with Crippen molar-refractivity contribution in [2.24, 2.45) is 0 Å².